The number of hydrogen-bond acceptors (Lipinski definition) is 4. The van der Waals surface area contributed by atoms with Crippen LogP contribution in [0.1, 0.15) is 19.8 Å². The summed E-state index contributed by atoms with van der Waals surface area (Å²) in [6, 6.07) is 0. The van der Waals surface area contributed by atoms with Crippen molar-refractivity contribution >= 4 is 10.0 Å². The SMILES string of the molecule is CNCC(C)CNS(=O)(=O)CC1CCCO1. The zero-order valence-electron chi connectivity index (χ0n) is 10.0. The first kappa shape index (κ1) is 13.9. The van der Waals surface area contributed by atoms with Crippen LogP contribution >= 0.6 is 0 Å². The summed E-state index contributed by atoms with van der Waals surface area (Å²) in [6.07, 6.45) is 1.71. The maximum Gasteiger partial charge on any atom is 0.214 e. The van der Waals surface area contributed by atoms with E-state index in [0.29, 0.717) is 19.1 Å². The predicted molar refractivity (Wildman–Crippen MR) is 63.9 cm³/mol. The third kappa shape index (κ3) is 5.25. The molecule has 16 heavy (non-hydrogen) atoms. The van der Waals surface area contributed by atoms with Crippen molar-refractivity contribution in [3.8, 4) is 0 Å². The summed E-state index contributed by atoms with van der Waals surface area (Å²) in [7, 11) is -1.32. The fourth-order valence-electron chi connectivity index (χ4n) is 1.77. The van der Waals surface area contributed by atoms with Crippen molar-refractivity contribution in [1.82, 2.24) is 10.0 Å². The first-order valence-corrected chi connectivity index (χ1v) is 7.42. The normalized spacial score (nSPS) is 23.5. The lowest BCUT2D eigenvalue weighted by molar-refractivity contribution is 0.127. The number of hydrogen-bond donors (Lipinski definition) is 2. The Balaban J connectivity index is 2.27. The summed E-state index contributed by atoms with van der Waals surface area (Å²) < 4.78 is 31.3. The van der Waals surface area contributed by atoms with Crippen molar-refractivity contribution in [1.29, 1.82) is 0 Å². The zero-order chi connectivity index (χ0) is 12.0. The van der Waals surface area contributed by atoms with Gasteiger partial charge in [0.15, 0.2) is 0 Å². The summed E-state index contributed by atoms with van der Waals surface area (Å²) in [4.78, 5) is 0. The third-order valence-electron chi connectivity index (χ3n) is 2.63. The second-order valence-corrected chi connectivity index (χ2v) is 6.28. The minimum Gasteiger partial charge on any atom is -0.377 e. The molecule has 1 heterocycles. The van der Waals surface area contributed by atoms with E-state index in [2.05, 4.69) is 10.0 Å². The van der Waals surface area contributed by atoms with Crippen LogP contribution in [0.15, 0.2) is 0 Å². The van der Waals surface area contributed by atoms with Gasteiger partial charge in [-0.3, -0.25) is 0 Å². The van der Waals surface area contributed by atoms with E-state index in [0.717, 1.165) is 19.4 Å². The minimum atomic E-state index is -3.18. The fourth-order valence-corrected chi connectivity index (χ4v) is 3.18. The van der Waals surface area contributed by atoms with E-state index in [1.807, 2.05) is 14.0 Å². The molecule has 6 heteroatoms. The molecule has 1 fully saturated rings. The van der Waals surface area contributed by atoms with Crippen LogP contribution in [0.5, 0.6) is 0 Å². The van der Waals surface area contributed by atoms with Crippen LogP contribution in [0.25, 0.3) is 0 Å². The molecule has 0 aromatic heterocycles. The van der Waals surface area contributed by atoms with Gasteiger partial charge >= 0.3 is 0 Å². The average Bonchev–Trinajstić information content (AvgIpc) is 2.67. The van der Waals surface area contributed by atoms with Gasteiger partial charge in [-0.25, -0.2) is 13.1 Å². The van der Waals surface area contributed by atoms with Crippen LogP contribution in [-0.4, -0.2) is 47.0 Å². The van der Waals surface area contributed by atoms with E-state index >= 15 is 0 Å². The highest BCUT2D eigenvalue weighted by molar-refractivity contribution is 7.89. The third-order valence-corrected chi connectivity index (χ3v) is 4.05. The molecular formula is C10H22N2O3S. The highest BCUT2D eigenvalue weighted by Crippen LogP contribution is 2.13. The molecule has 0 radical (unpaired) electrons. The Morgan fingerprint density at radius 3 is 2.75 bits per heavy atom. The highest BCUT2D eigenvalue weighted by Gasteiger charge is 2.23. The van der Waals surface area contributed by atoms with Gasteiger partial charge in [0, 0.05) is 13.2 Å². The molecule has 0 bridgehead atoms. The summed E-state index contributed by atoms with van der Waals surface area (Å²) in [6.45, 7) is 3.99. The standard InChI is InChI=1S/C10H22N2O3S/c1-9(6-11-2)7-12-16(13,14)8-10-4-3-5-15-10/h9-12H,3-8H2,1-2H3. The summed E-state index contributed by atoms with van der Waals surface area (Å²) in [5.74, 6) is 0.392. The van der Waals surface area contributed by atoms with Gasteiger partial charge in [-0.15, -0.1) is 0 Å². The second kappa shape index (κ2) is 6.54. The summed E-state index contributed by atoms with van der Waals surface area (Å²) >= 11 is 0. The van der Waals surface area contributed by atoms with Crippen molar-refractivity contribution in [2.45, 2.75) is 25.9 Å². The van der Waals surface area contributed by atoms with Crippen LogP contribution in [0, 0.1) is 5.92 Å². The molecule has 0 aromatic carbocycles. The van der Waals surface area contributed by atoms with Crippen molar-refractivity contribution in [3.63, 3.8) is 0 Å². The molecule has 2 atom stereocenters. The molecule has 0 aliphatic carbocycles. The molecule has 0 aromatic rings. The molecule has 5 nitrogen and oxygen atoms in total. The topological polar surface area (TPSA) is 67.4 Å². The molecular weight excluding hydrogens is 228 g/mol. The Kier molecular flexibility index (Phi) is 5.68. The maximum atomic E-state index is 11.7. The highest BCUT2D eigenvalue weighted by atomic mass is 32.2. The van der Waals surface area contributed by atoms with E-state index < -0.39 is 10.0 Å². The molecule has 1 aliphatic heterocycles. The van der Waals surface area contributed by atoms with Gasteiger partial charge in [0.25, 0.3) is 0 Å². The van der Waals surface area contributed by atoms with Gasteiger partial charge in [-0.1, -0.05) is 6.92 Å². The van der Waals surface area contributed by atoms with Crippen LogP contribution < -0.4 is 10.0 Å². The monoisotopic (exact) mass is 250 g/mol. The van der Waals surface area contributed by atoms with E-state index in [9.17, 15) is 8.42 Å². The number of ether oxygens (including phenoxy) is 1. The summed E-state index contributed by atoms with van der Waals surface area (Å²) in [5.41, 5.74) is 0. The molecule has 2 N–H and O–H groups in total. The van der Waals surface area contributed by atoms with E-state index in [4.69, 9.17) is 4.74 Å². The lowest BCUT2D eigenvalue weighted by Gasteiger charge is -2.14. The van der Waals surface area contributed by atoms with Gasteiger partial charge in [0.2, 0.25) is 10.0 Å². The molecule has 0 amide bonds. The average molecular weight is 250 g/mol. The Morgan fingerprint density at radius 2 is 2.19 bits per heavy atom. The van der Waals surface area contributed by atoms with Gasteiger partial charge in [0.05, 0.1) is 11.9 Å². The van der Waals surface area contributed by atoms with Gasteiger partial charge in [0.1, 0.15) is 0 Å². The molecule has 1 aliphatic rings. The van der Waals surface area contributed by atoms with Crippen LogP contribution in [0.3, 0.4) is 0 Å². The lowest BCUT2D eigenvalue weighted by atomic mass is 10.2. The van der Waals surface area contributed by atoms with Crippen LogP contribution in [0.4, 0.5) is 0 Å². The number of sulfonamides is 1. The summed E-state index contributed by atoms with van der Waals surface area (Å²) in [5, 5.41) is 3.02. The van der Waals surface area contributed by atoms with Crippen molar-refractivity contribution in [3.05, 3.63) is 0 Å². The Bertz CT molecular complexity index is 286. The predicted octanol–water partition coefficient (Wildman–Crippen LogP) is -0.0597. The van der Waals surface area contributed by atoms with Crippen molar-refractivity contribution in [2.75, 3.05) is 32.5 Å². The minimum absolute atomic E-state index is 0.0965. The largest absolute Gasteiger partial charge is 0.377 e. The van der Waals surface area contributed by atoms with Crippen molar-refractivity contribution < 1.29 is 13.2 Å². The Morgan fingerprint density at radius 1 is 1.44 bits per heavy atom. The van der Waals surface area contributed by atoms with E-state index in [1.165, 1.54) is 0 Å². The Hall–Kier alpha value is -0.170. The molecule has 96 valence electrons. The number of rotatable bonds is 7. The van der Waals surface area contributed by atoms with Crippen molar-refractivity contribution in [2.24, 2.45) is 5.92 Å². The second-order valence-electron chi connectivity index (χ2n) is 4.43. The van der Waals surface area contributed by atoms with Gasteiger partial charge in [-0.05, 0) is 32.4 Å². The molecule has 1 rings (SSSR count). The molecule has 2 unspecified atom stereocenters. The maximum absolute atomic E-state index is 11.7. The van der Waals surface area contributed by atoms with Crippen LogP contribution in [0.2, 0.25) is 0 Å². The quantitative estimate of drug-likeness (QED) is 0.664. The first-order valence-electron chi connectivity index (χ1n) is 5.77. The first-order chi connectivity index (χ1) is 7.53. The van der Waals surface area contributed by atoms with E-state index in [1.54, 1.807) is 0 Å². The number of nitrogens with one attached hydrogen (secondary N) is 2. The Labute approximate surface area is 98.0 Å². The van der Waals surface area contributed by atoms with Gasteiger partial charge < -0.3 is 10.1 Å². The molecule has 1 saturated heterocycles. The van der Waals surface area contributed by atoms with Gasteiger partial charge in [-0.2, -0.15) is 0 Å². The lowest BCUT2D eigenvalue weighted by Crippen LogP contribution is -2.36. The zero-order valence-corrected chi connectivity index (χ0v) is 10.8. The molecule has 0 saturated carbocycles. The van der Waals surface area contributed by atoms with Crippen LogP contribution in [-0.2, 0) is 14.8 Å². The fraction of sp³-hybridized carbons (Fsp3) is 1.00. The molecule has 0 spiro atoms. The van der Waals surface area contributed by atoms with E-state index in [-0.39, 0.29) is 11.9 Å². The smallest absolute Gasteiger partial charge is 0.214 e.